The van der Waals surface area contributed by atoms with Crippen LogP contribution in [0.5, 0.6) is 0 Å². The van der Waals surface area contributed by atoms with Crippen molar-refractivity contribution in [3.05, 3.63) is 101 Å². The minimum absolute atomic E-state index is 0.0547. The summed E-state index contributed by atoms with van der Waals surface area (Å²) in [7, 11) is 0. The van der Waals surface area contributed by atoms with Gasteiger partial charge in [-0.05, 0) is 61.7 Å². The van der Waals surface area contributed by atoms with Crippen LogP contribution in [0, 0.1) is 0 Å². The van der Waals surface area contributed by atoms with Gasteiger partial charge in [-0.2, -0.15) is 0 Å². The number of nitrogens with one attached hydrogen (secondary N) is 1. The second-order valence-corrected chi connectivity index (χ2v) is 7.50. The minimum atomic E-state index is -0.545. The lowest BCUT2D eigenvalue weighted by atomic mass is 10.00. The molecule has 6 nitrogen and oxygen atoms in total. The van der Waals surface area contributed by atoms with E-state index in [0.29, 0.717) is 36.3 Å². The van der Waals surface area contributed by atoms with E-state index in [1.165, 1.54) is 0 Å². The van der Waals surface area contributed by atoms with Crippen LogP contribution in [-0.4, -0.2) is 42.4 Å². The molecule has 3 rings (SSSR count). The molecule has 0 bridgehead atoms. The van der Waals surface area contributed by atoms with E-state index < -0.39 is 18.5 Å². The van der Waals surface area contributed by atoms with Crippen molar-refractivity contribution < 1.29 is 19.1 Å². The quantitative estimate of drug-likeness (QED) is 0.491. The maximum atomic E-state index is 12.6. The van der Waals surface area contributed by atoms with E-state index in [4.69, 9.17) is 4.74 Å². The molecule has 6 heteroatoms. The summed E-state index contributed by atoms with van der Waals surface area (Å²) in [4.78, 5) is 39.0. The number of benzene rings is 3. The van der Waals surface area contributed by atoms with Gasteiger partial charge in [-0.3, -0.25) is 9.59 Å². The summed E-state index contributed by atoms with van der Waals surface area (Å²) in [5.41, 5.74) is 3.43. The summed E-state index contributed by atoms with van der Waals surface area (Å²) < 4.78 is 5.25. The average Bonchev–Trinajstić information content (AvgIpc) is 2.84. The molecule has 0 unspecified atom stereocenters. The molecular formula is C27H28N2O4. The van der Waals surface area contributed by atoms with Gasteiger partial charge in [-0.15, -0.1) is 0 Å². The van der Waals surface area contributed by atoms with Gasteiger partial charge in [0.2, 0.25) is 0 Å². The second kappa shape index (κ2) is 11.6. The third-order valence-electron chi connectivity index (χ3n) is 5.28. The first-order valence-electron chi connectivity index (χ1n) is 11.0. The number of ether oxygens (including phenoxy) is 1. The lowest BCUT2D eigenvalue weighted by Gasteiger charge is -2.18. The van der Waals surface area contributed by atoms with Crippen molar-refractivity contribution in [1.82, 2.24) is 4.90 Å². The molecule has 0 radical (unpaired) electrons. The fraction of sp³-hybridized carbons (Fsp3) is 0.222. The standard InChI is InChI=1S/C27H28N2O4/c1-3-29(4-2)26(31)21-14-16-23(17-15-21)28-25(30)19-33-27(32)24-13-9-8-12-22(24)18-20-10-6-5-7-11-20/h5-17H,3-4,18-19H2,1-2H3,(H,28,30). The molecule has 170 valence electrons. The molecule has 0 fully saturated rings. The van der Waals surface area contributed by atoms with E-state index in [1.807, 2.05) is 56.3 Å². The lowest BCUT2D eigenvalue weighted by molar-refractivity contribution is -0.119. The third kappa shape index (κ3) is 6.53. The van der Waals surface area contributed by atoms with Crippen molar-refractivity contribution in [1.29, 1.82) is 0 Å². The molecule has 33 heavy (non-hydrogen) atoms. The molecule has 0 aliphatic rings. The molecule has 0 heterocycles. The Morgan fingerprint density at radius 2 is 1.45 bits per heavy atom. The van der Waals surface area contributed by atoms with Gasteiger partial charge in [0.1, 0.15) is 0 Å². The molecule has 0 spiro atoms. The van der Waals surface area contributed by atoms with Crippen LogP contribution in [0.4, 0.5) is 5.69 Å². The molecule has 0 aliphatic heterocycles. The number of rotatable bonds is 9. The normalized spacial score (nSPS) is 10.4. The Labute approximate surface area is 194 Å². The van der Waals surface area contributed by atoms with Gasteiger partial charge in [-0.25, -0.2) is 4.79 Å². The lowest BCUT2D eigenvalue weighted by Crippen LogP contribution is -2.30. The molecule has 0 aliphatic carbocycles. The highest BCUT2D eigenvalue weighted by atomic mass is 16.5. The molecule has 2 amide bonds. The summed E-state index contributed by atoms with van der Waals surface area (Å²) in [6, 6.07) is 23.7. The van der Waals surface area contributed by atoms with Crippen molar-refractivity contribution in [3.8, 4) is 0 Å². The topological polar surface area (TPSA) is 75.7 Å². The monoisotopic (exact) mass is 444 g/mol. The summed E-state index contributed by atoms with van der Waals surface area (Å²) in [5.74, 6) is -1.05. The van der Waals surface area contributed by atoms with Crippen LogP contribution in [-0.2, 0) is 16.0 Å². The predicted octanol–water partition coefficient (Wildman–Crippen LogP) is 4.55. The SMILES string of the molecule is CCN(CC)C(=O)c1ccc(NC(=O)COC(=O)c2ccccc2Cc2ccccc2)cc1. The van der Waals surface area contributed by atoms with Crippen molar-refractivity contribution >= 4 is 23.5 Å². The van der Waals surface area contributed by atoms with Crippen LogP contribution in [0.1, 0.15) is 45.7 Å². The minimum Gasteiger partial charge on any atom is -0.452 e. The van der Waals surface area contributed by atoms with Gasteiger partial charge in [0.05, 0.1) is 5.56 Å². The highest BCUT2D eigenvalue weighted by molar-refractivity contribution is 5.97. The molecule has 0 saturated carbocycles. The number of amides is 2. The van der Waals surface area contributed by atoms with Crippen LogP contribution < -0.4 is 5.32 Å². The van der Waals surface area contributed by atoms with Gasteiger partial charge in [0.15, 0.2) is 6.61 Å². The summed E-state index contributed by atoms with van der Waals surface area (Å²) in [5, 5.41) is 2.69. The number of anilines is 1. The Morgan fingerprint density at radius 1 is 0.818 bits per heavy atom. The van der Waals surface area contributed by atoms with Crippen LogP contribution in [0.3, 0.4) is 0 Å². The number of carbonyl (C=O) groups excluding carboxylic acids is 3. The zero-order valence-electron chi connectivity index (χ0n) is 18.9. The van der Waals surface area contributed by atoms with Crippen LogP contribution in [0.15, 0.2) is 78.9 Å². The van der Waals surface area contributed by atoms with Crippen LogP contribution in [0.25, 0.3) is 0 Å². The maximum Gasteiger partial charge on any atom is 0.338 e. The molecular weight excluding hydrogens is 416 g/mol. The van der Waals surface area contributed by atoms with Crippen LogP contribution in [0.2, 0.25) is 0 Å². The van der Waals surface area contributed by atoms with Crippen LogP contribution >= 0.6 is 0 Å². The smallest absolute Gasteiger partial charge is 0.338 e. The third-order valence-corrected chi connectivity index (χ3v) is 5.28. The van der Waals surface area contributed by atoms with Crippen molar-refractivity contribution in [2.45, 2.75) is 20.3 Å². The Hall–Kier alpha value is -3.93. The Balaban J connectivity index is 1.56. The largest absolute Gasteiger partial charge is 0.452 e. The number of nitrogens with zero attached hydrogens (tertiary/aromatic N) is 1. The average molecular weight is 445 g/mol. The highest BCUT2D eigenvalue weighted by Gasteiger charge is 2.15. The second-order valence-electron chi connectivity index (χ2n) is 7.50. The van der Waals surface area contributed by atoms with Gasteiger partial charge in [-0.1, -0.05) is 48.5 Å². The number of esters is 1. The van der Waals surface area contributed by atoms with Gasteiger partial charge in [0.25, 0.3) is 11.8 Å². The van der Waals surface area contributed by atoms with E-state index in [9.17, 15) is 14.4 Å². The first kappa shape index (κ1) is 23.7. The highest BCUT2D eigenvalue weighted by Crippen LogP contribution is 2.16. The fourth-order valence-corrected chi connectivity index (χ4v) is 3.48. The Bertz CT molecular complexity index is 1090. The van der Waals surface area contributed by atoms with Gasteiger partial charge >= 0.3 is 5.97 Å². The van der Waals surface area contributed by atoms with E-state index in [0.717, 1.165) is 11.1 Å². The fourth-order valence-electron chi connectivity index (χ4n) is 3.48. The van der Waals surface area contributed by atoms with E-state index in [-0.39, 0.29) is 5.91 Å². The molecule has 1 N–H and O–H groups in total. The molecule has 3 aromatic rings. The number of hydrogen-bond acceptors (Lipinski definition) is 4. The Morgan fingerprint density at radius 3 is 2.12 bits per heavy atom. The van der Waals surface area contributed by atoms with E-state index in [1.54, 1.807) is 41.3 Å². The van der Waals surface area contributed by atoms with Crippen molar-refractivity contribution in [3.63, 3.8) is 0 Å². The first-order chi connectivity index (χ1) is 16.0. The maximum absolute atomic E-state index is 12.6. The summed E-state index contributed by atoms with van der Waals surface area (Å²) in [6.45, 7) is 4.72. The summed E-state index contributed by atoms with van der Waals surface area (Å²) in [6.07, 6.45) is 0.594. The first-order valence-corrected chi connectivity index (χ1v) is 11.0. The molecule has 3 aromatic carbocycles. The predicted molar refractivity (Wildman–Crippen MR) is 128 cm³/mol. The van der Waals surface area contributed by atoms with Crippen molar-refractivity contribution in [2.75, 3.05) is 25.0 Å². The number of hydrogen-bond donors (Lipinski definition) is 1. The molecule has 0 saturated heterocycles. The molecule has 0 atom stereocenters. The van der Waals surface area contributed by atoms with E-state index in [2.05, 4.69) is 5.32 Å². The van der Waals surface area contributed by atoms with E-state index >= 15 is 0 Å². The zero-order valence-corrected chi connectivity index (χ0v) is 18.9. The summed E-state index contributed by atoms with van der Waals surface area (Å²) >= 11 is 0. The number of carbonyl (C=O) groups is 3. The van der Waals surface area contributed by atoms with Gasteiger partial charge in [0, 0.05) is 24.3 Å². The van der Waals surface area contributed by atoms with Crippen molar-refractivity contribution in [2.24, 2.45) is 0 Å². The Kier molecular flexibility index (Phi) is 8.36. The zero-order chi connectivity index (χ0) is 23.6. The molecule has 0 aromatic heterocycles. The van der Waals surface area contributed by atoms with Gasteiger partial charge < -0.3 is 15.0 Å².